The number of piperidine rings is 1. The van der Waals surface area contributed by atoms with E-state index in [4.69, 9.17) is 4.74 Å². The third kappa shape index (κ3) is 4.06. The SMILES string of the molecule is CCOC(=O)C1CCN(CC(=O)N2CCc3sccc3C2CC)CC1. The minimum atomic E-state index is -0.0828. The van der Waals surface area contributed by atoms with Crippen LogP contribution in [0, 0.1) is 5.92 Å². The molecule has 25 heavy (non-hydrogen) atoms. The predicted molar refractivity (Wildman–Crippen MR) is 98.6 cm³/mol. The predicted octanol–water partition coefficient (Wildman–Crippen LogP) is 2.86. The van der Waals surface area contributed by atoms with Gasteiger partial charge < -0.3 is 9.64 Å². The fourth-order valence-corrected chi connectivity index (χ4v) is 4.93. The van der Waals surface area contributed by atoms with E-state index in [1.54, 1.807) is 0 Å². The highest BCUT2D eigenvalue weighted by atomic mass is 32.1. The van der Waals surface area contributed by atoms with Gasteiger partial charge in [0.1, 0.15) is 0 Å². The van der Waals surface area contributed by atoms with Crippen molar-refractivity contribution >= 4 is 23.2 Å². The van der Waals surface area contributed by atoms with E-state index < -0.39 is 0 Å². The van der Waals surface area contributed by atoms with Crippen molar-refractivity contribution in [1.29, 1.82) is 0 Å². The van der Waals surface area contributed by atoms with Crippen LogP contribution in [0.4, 0.5) is 0 Å². The van der Waals surface area contributed by atoms with Gasteiger partial charge in [0, 0.05) is 11.4 Å². The highest BCUT2D eigenvalue weighted by Gasteiger charge is 2.32. The molecule has 5 nitrogen and oxygen atoms in total. The summed E-state index contributed by atoms with van der Waals surface area (Å²) in [6.07, 6.45) is 3.51. The third-order valence-corrected chi connectivity index (χ3v) is 6.36. The molecule has 3 rings (SSSR count). The Kier molecular flexibility index (Phi) is 6.12. The molecule has 0 aromatic carbocycles. The van der Waals surface area contributed by atoms with Crippen molar-refractivity contribution in [3.05, 3.63) is 21.9 Å². The lowest BCUT2D eigenvalue weighted by Crippen LogP contribution is -2.47. The number of likely N-dealkylation sites (tertiary alicyclic amines) is 1. The zero-order valence-corrected chi connectivity index (χ0v) is 16.0. The molecule has 0 spiro atoms. The minimum Gasteiger partial charge on any atom is -0.466 e. The molecule has 0 bridgehead atoms. The van der Waals surface area contributed by atoms with Crippen LogP contribution in [0.1, 0.15) is 49.6 Å². The molecule has 0 saturated carbocycles. The first kappa shape index (κ1) is 18.4. The fraction of sp³-hybridized carbons (Fsp3) is 0.684. The summed E-state index contributed by atoms with van der Waals surface area (Å²) in [5.74, 6) is 0.136. The van der Waals surface area contributed by atoms with E-state index in [0.717, 1.165) is 45.3 Å². The first-order valence-corrected chi connectivity index (χ1v) is 10.3. The van der Waals surface area contributed by atoms with E-state index >= 15 is 0 Å². The van der Waals surface area contributed by atoms with Crippen molar-refractivity contribution in [3.63, 3.8) is 0 Å². The maximum Gasteiger partial charge on any atom is 0.309 e. The maximum atomic E-state index is 12.9. The average Bonchev–Trinajstić information content (AvgIpc) is 3.10. The molecule has 1 unspecified atom stereocenters. The van der Waals surface area contributed by atoms with Crippen LogP contribution in [-0.2, 0) is 20.7 Å². The Balaban J connectivity index is 1.54. The van der Waals surface area contributed by atoms with Crippen molar-refractivity contribution in [2.75, 3.05) is 32.8 Å². The van der Waals surface area contributed by atoms with Crippen LogP contribution in [0.2, 0.25) is 0 Å². The van der Waals surface area contributed by atoms with E-state index in [-0.39, 0.29) is 23.8 Å². The fourth-order valence-electron chi connectivity index (χ4n) is 4.00. The van der Waals surface area contributed by atoms with Crippen LogP contribution in [0.3, 0.4) is 0 Å². The number of nitrogens with zero attached hydrogens (tertiary/aromatic N) is 2. The highest BCUT2D eigenvalue weighted by molar-refractivity contribution is 7.10. The number of rotatable bonds is 5. The second kappa shape index (κ2) is 8.32. The van der Waals surface area contributed by atoms with Gasteiger partial charge >= 0.3 is 5.97 Å². The Morgan fingerprint density at radius 3 is 2.68 bits per heavy atom. The normalized spacial score (nSPS) is 21.8. The van der Waals surface area contributed by atoms with Gasteiger partial charge in [0.25, 0.3) is 0 Å². The van der Waals surface area contributed by atoms with E-state index in [9.17, 15) is 9.59 Å². The summed E-state index contributed by atoms with van der Waals surface area (Å²) < 4.78 is 5.12. The minimum absolute atomic E-state index is 0.00181. The van der Waals surface area contributed by atoms with Crippen molar-refractivity contribution in [1.82, 2.24) is 9.80 Å². The molecular formula is C19H28N2O3S. The summed E-state index contributed by atoms with van der Waals surface area (Å²) in [5, 5.41) is 2.14. The van der Waals surface area contributed by atoms with E-state index in [2.05, 4.69) is 28.2 Å². The van der Waals surface area contributed by atoms with Gasteiger partial charge in [-0.3, -0.25) is 14.5 Å². The zero-order chi connectivity index (χ0) is 17.8. The largest absolute Gasteiger partial charge is 0.466 e. The molecule has 1 saturated heterocycles. The molecule has 6 heteroatoms. The van der Waals surface area contributed by atoms with Crippen LogP contribution < -0.4 is 0 Å². The van der Waals surface area contributed by atoms with Crippen LogP contribution in [-0.4, -0.2) is 54.5 Å². The number of hydrogen-bond acceptors (Lipinski definition) is 5. The van der Waals surface area contributed by atoms with Gasteiger partial charge in [-0.1, -0.05) is 6.92 Å². The lowest BCUT2D eigenvalue weighted by molar-refractivity contribution is -0.149. The Bertz CT molecular complexity index is 608. The number of fused-ring (bicyclic) bond motifs is 1. The summed E-state index contributed by atoms with van der Waals surface area (Å²) in [7, 11) is 0. The highest BCUT2D eigenvalue weighted by Crippen LogP contribution is 2.35. The van der Waals surface area contributed by atoms with Gasteiger partial charge in [0.2, 0.25) is 5.91 Å². The smallest absolute Gasteiger partial charge is 0.309 e. The number of amides is 1. The van der Waals surface area contributed by atoms with Gasteiger partial charge in [0.15, 0.2) is 0 Å². The second-order valence-electron chi connectivity index (χ2n) is 6.86. The lowest BCUT2D eigenvalue weighted by Gasteiger charge is -2.38. The van der Waals surface area contributed by atoms with Crippen molar-refractivity contribution in [2.45, 2.75) is 45.6 Å². The molecule has 1 aromatic heterocycles. The average molecular weight is 365 g/mol. The van der Waals surface area contributed by atoms with Crippen molar-refractivity contribution in [3.8, 4) is 0 Å². The van der Waals surface area contributed by atoms with Gasteiger partial charge in [-0.2, -0.15) is 0 Å². The number of carbonyl (C=O) groups excluding carboxylic acids is 2. The molecule has 1 amide bonds. The summed E-state index contributed by atoms with van der Waals surface area (Å²) in [6.45, 7) is 7.31. The molecule has 2 aliphatic heterocycles. The molecule has 2 aliphatic rings. The topological polar surface area (TPSA) is 49.9 Å². The number of hydrogen-bond donors (Lipinski definition) is 0. The number of carbonyl (C=O) groups is 2. The quantitative estimate of drug-likeness (QED) is 0.754. The Hall–Kier alpha value is -1.40. The monoisotopic (exact) mass is 364 g/mol. The van der Waals surface area contributed by atoms with E-state index in [1.807, 2.05) is 18.3 Å². The molecule has 0 radical (unpaired) electrons. The van der Waals surface area contributed by atoms with Gasteiger partial charge in [-0.05, 0) is 62.7 Å². The lowest BCUT2D eigenvalue weighted by atomic mass is 9.96. The van der Waals surface area contributed by atoms with Crippen LogP contribution in [0.5, 0.6) is 0 Å². The molecule has 3 heterocycles. The Morgan fingerprint density at radius 1 is 1.24 bits per heavy atom. The summed E-state index contributed by atoms with van der Waals surface area (Å²) in [5.41, 5.74) is 1.34. The van der Waals surface area contributed by atoms with Crippen LogP contribution >= 0.6 is 11.3 Å². The van der Waals surface area contributed by atoms with Crippen LogP contribution in [0.25, 0.3) is 0 Å². The number of thiophene rings is 1. The molecule has 1 fully saturated rings. The summed E-state index contributed by atoms with van der Waals surface area (Å²) >= 11 is 1.81. The first-order valence-electron chi connectivity index (χ1n) is 9.38. The van der Waals surface area contributed by atoms with Gasteiger partial charge in [-0.25, -0.2) is 0 Å². The molecule has 0 aliphatic carbocycles. The summed E-state index contributed by atoms with van der Waals surface area (Å²) in [4.78, 5) is 30.4. The van der Waals surface area contributed by atoms with Crippen LogP contribution in [0.15, 0.2) is 11.4 Å². The standard InChI is InChI=1S/C19H28N2O3S/c1-3-16-15-8-12-25-17(15)7-11-21(16)18(22)13-20-9-5-14(6-10-20)19(23)24-4-2/h8,12,14,16H,3-7,9-11,13H2,1-2H3. The first-order chi connectivity index (χ1) is 12.1. The number of ether oxygens (including phenoxy) is 1. The number of esters is 1. The molecule has 1 aromatic rings. The summed E-state index contributed by atoms with van der Waals surface area (Å²) in [6, 6.07) is 2.40. The Morgan fingerprint density at radius 2 is 2.00 bits per heavy atom. The molecule has 138 valence electrons. The molecule has 1 atom stereocenters. The molecular weight excluding hydrogens is 336 g/mol. The van der Waals surface area contributed by atoms with Crippen molar-refractivity contribution in [2.24, 2.45) is 5.92 Å². The van der Waals surface area contributed by atoms with Crippen molar-refractivity contribution < 1.29 is 14.3 Å². The van der Waals surface area contributed by atoms with Gasteiger partial charge in [0.05, 0.1) is 25.1 Å². The Labute approximate surface area is 153 Å². The zero-order valence-electron chi connectivity index (χ0n) is 15.2. The third-order valence-electron chi connectivity index (χ3n) is 5.37. The molecule has 0 N–H and O–H groups in total. The van der Waals surface area contributed by atoms with E-state index in [0.29, 0.717) is 13.2 Å². The van der Waals surface area contributed by atoms with E-state index in [1.165, 1.54) is 10.4 Å². The van der Waals surface area contributed by atoms with Gasteiger partial charge in [-0.15, -0.1) is 11.3 Å². The second-order valence-corrected chi connectivity index (χ2v) is 7.86. The maximum absolute atomic E-state index is 12.9.